The molecule has 0 radical (unpaired) electrons. The van der Waals surface area contributed by atoms with Gasteiger partial charge in [0.1, 0.15) is 0 Å². The maximum absolute atomic E-state index is 12.8. The van der Waals surface area contributed by atoms with E-state index in [0.717, 1.165) is 35.3 Å². The summed E-state index contributed by atoms with van der Waals surface area (Å²) in [4.78, 5) is 38.1. The predicted molar refractivity (Wildman–Crippen MR) is 110 cm³/mol. The first-order valence-corrected chi connectivity index (χ1v) is 10.0. The average Bonchev–Trinajstić information content (AvgIpc) is 2.70. The quantitative estimate of drug-likeness (QED) is 0.878. The van der Waals surface area contributed by atoms with Gasteiger partial charge in [-0.2, -0.15) is 0 Å². The van der Waals surface area contributed by atoms with E-state index in [1.807, 2.05) is 50.8 Å². The molecule has 1 aromatic carbocycles. The summed E-state index contributed by atoms with van der Waals surface area (Å²) in [6.45, 7) is 10.4. The molecule has 2 heterocycles. The Bertz CT molecular complexity index is 878. The third kappa shape index (κ3) is 4.24. The van der Waals surface area contributed by atoms with Crippen molar-refractivity contribution in [2.75, 3.05) is 31.5 Å². The van der Waals surface area contributed by atoms with Gasteiger partial charge in [-0.1, -0.05) is 0 Å². The first kappa shape index (κ1) is 20.0. The average molecular weight is 383 g/mol. The van der Waals surface area contributed by atoms with Crippen LogP contribution in [0.15, 0.2) is 18.2 Å². The summed E-state index contributed by atoms with van der Waals surface area (Å²) in [5.41, 5.74) is 4.04. The predicted octanol–water partition coefficient (Wildman–Crippen LogP) is 3.36. The molecule has 7 heteroatoms. The minimum Gasteiger partial charge on any atom is -0.343 e. The molecule has 0 saturated carbocycles. The minimum atomic E-state index is -0.173. The lowest BCUT2D eigenvalue weighted by Crippen LogP contribution is -2.47. The molecular formula is C21H29N5O2. The van der Waals surface area contributed by atoms with Crippen molar-refractivity contribution in [3.05, 3.63) is 29.6 Å². The molecule has 1 atom stereocenters. The topological polar surface area (TPSA) is 78.4 Å². The second-order valence-corrected chi connectivity index (χ2v) is 7.32. The van der Waals surface area contributed by atoms with Gasteiger partial charge in [0, 0.05) is 31.9 Å². The number of anilines is 1. The summed E-state index contributed by atoms with van der Waals surface area (Å²) in [7, 11) is 0. The standard InChI is InChI=1S/C21H29N5O2/c1-5-25(6-2)20(27)16-8-7-11-26(13-16)21(28)24-17-9-10-18-19(12-17)23-15(4)14(3)22-18/h9-10,12,16H,5-8,11,13H2,1-4H3,(H,24,28)/t16-/m1/s1. The van der Waals surface area contributed by atoms with E-state index in [-0.39, 0.29) is 17.9 Å². The number of carbonyl (C=O) groups is 2. The molecule has 1 aliphatic rings. The number of piperidine rings is 1. The first-order chi connectivity index (χ1) is 13.4. The molecule has 1 fully saturated rings. The summed E-state index contributed by atoms with van der Waals surface area (Å²) in [6, 6.07) is 5.38. The Labute approximate surface area is 166 Å². The normalized spacial score (nSPS) is 16.9. The molecule has 150 valence electrons. The molecule has 0 bridgehead atoms. The molecule has 3 amide bonds. The van der Waals surface area contributed by atoms with Crippen molar-refractivity contribution >= 4 is 28.7 Å². The van der Waals surface area contributed by atoms with E-state index in [4.69, 9.17) is 0 Å². The molecule has 28 heavy (non-hydrogen) atoms. The highest BCUT2D eigenvalue weighted by molar-refractivity contribution is 5.92. The van der Waals surface area contributed by atoms with Crippen molar-refractivity contribution in [1.29, 1.82) is 0 Å². The molecule has 2 aromatic rings. The summed E-state index contributed by atoms with van der Waals surface area (Å²) in [6.07, 6.45) is 1.68. The fourth-order valence-corrected chi connectivity index (χ4v) is 3.67. The van der Waals surface area contributed by atoms with Gasteiger partial charge < -0.3 is 15.1 Å². The van der Waals surface area contributed by atoms with Crippen LogP contribution in [0.2, 0.25) is 0 Å². The fourth-order valence-electron chi connectivity index (χ4n) is 3.67. The summed E-state index contributed by atoms with van der Waals surface area (Å²) in [5, 5.41) is 2.95. The maximum atomic E-state index is 12.8. The smallest absolute Gasteiger partial charge is 0.321 e. The minimum absolute atomic E-state index is 0.118. The number of carbonyl (C=O) groups excluding carboxylic acids is 2. The van der Waals surface area contributed by atoms with E-state index in [1.54, 1.807) is 4.90 Å². The van der Waals surface area contributed by atoms with E-state index in [2.05, 4.69) is 15.3 Å². The molecule has 1 aromatic heterocycles. The Morgan fingerprint density at radius 3 is 2.50 bits per heavy atom. The highest BCUT2D eigenvalue weighted by Crippen LogP contribution is 2.21. The SMILES string of the molecule is CCN(CC)C(=O)[C@@H]1CCCN(C(=O)Nc2ccc3nc(C)c(C)nc3c2)C1. The van der Waals surface area contributed by atoms with Gasteiger partial charge in [-0.05, 0) is 58.7 Å². The lowest BCUT2D eigenvalue weighted by molar-refractivity contribution is -0.136. The molecule has 1 N–H and O–H groups in total. The zero-order valence-electron chi connectivity index (χ0n) is 17.2. The molecule has 0 unspecified atom stereocenters. The van der Waals surface area contributed by atoms with Gasteiger partial charge >= 0.3 is 6.03 Å². The van der Waals surface area contributed by atoms with Crippen LogP contribution in [-0.4, -0.2) is 57.9 Å². The third-order valence-electron chi connectivity index (χ3n) is 5.46. The number of amides is 3. The van der Waals surface area contributed by atoms with Crippen LogP contribution >= 0.6 is 0 Å². The van der Waals surface area contributed by atoms with Gasteiger partial charge in [-0.15, -0.1) is 0 Å². The van der Waals surface area contributed by atoms with E-state index < -0.39 is 0 Å². The van der Waals surface area contributed by atoms with E-state index >= 15 is 0 Å². The van der Waals surface area contributed by atoms with Crippen molar-refractivity contribution in [1.82, 2.24) is 19.8 Å². The van der Waals surface area contributed by atoms with Crippen molar-refractivity contribution in [2.24, 2.45) is 5.92 Å². The summed E-state index contributed by atoms with van der Waals surface area (Å²) < 4.78 is 0. The lowest BCUT2D eigenvalue weighted by Gasteiger charge is -2.34. The molecule has 7 nitrogen and oxygen atoms in total. The van der Waals surface area contributed by atoms with Gasteiger partial charge in [-0.3, -0.25) is 4.79 Å². The van der Waals surface area contributed by atoms with Crippen LogP contribution in [0.25, 0.3) is 11.0 Å². The third-order valence-corrected chi connectivity index (χ3v) is 5.46. The maximum Gasteiger partial charge on any atom is 0.321 e. The molecular weight excluding hydrogens is 354 g/mol. The van der Waals surface area contributed by atoms with Crippen molar-refractivity contribution in [3.63, 3.8) is 0 Å². The van der Waals surface area contributed by atoms with Crippen LogP contribution in [0.5, 0.6) is 0 Å². The first-order valence-electron chi connectivity index (χ1n) is 10.0. The number of nitrogens with one attached hydrogen (secondary N) is 1. The Morgan fingerprint density at radius 2 is 1.82 bits per heavy atom. The number of fused-ring (bicyclic) bond motifs is 1. The van der Waals surface area contributed by atoms with E-state index in [9.17, 15) is 9.59 Å². The number of rotatable bonds is 4. The number of nitrogens with zero attached hydrogens (tertiary/aromatic N) is 4. The monoisotopic (exact) mass is 383 g/mol. The van der Waals surface area contributed by atoms with Crippen LogP contribution in [-0.2, 0) is 4.79 Å². The molecule has 1 aliphatic heterocycles. The van der Waals surface area contributed by atoms with Gasteiger partial charge in [0.15, 0.2) is 0 Å². The van der Waals surface area contributed by atoms with Crippen LogP contribution in [0, 0.1) is 19.8 Å². The highest BCUT2D eigenvalue weighted by Gasteiger charge is 2.30. The van der Waals surface area contributed by atoms with Crippen molar-refractivity contribution in [3.8, 4) is 0 Å². The number of hydrogen-bond donors (Lipinski definition) is 1. The zero-order valence-corrected chi connectivity index (χ0v) is 17.2. The van der Waals surface area contributed by atoms with Crippen LogP contribution < -0.4 is 5.32 Å². The Kier molecular flexibility index (Phi) is 6.11. The fraction of sp³-hybridized carbons (Fsp3) is 0.524. The second-order valence-electron chi connectivity index (χ2n) is 7.32. The number of urea groups is 1. The van der Waals surface area contributed by atoms with E-state index in [0.29, 0.717) is 31.9 Å². The summed E-state index contributed by atoms with van der Waals surface area (Å²) in [5.74, 6) is 0.0295. The number of benzene rings is 1. The number of hydrogen-bond acceptors (Lipinski definition) is 4. The largest absolute Gasteiger partial charge is 0.343 e. The van der Waals surface area contributed by atoms with Crippen molar-refractivity contribution in [2.45, 2.75) is 40.5 Å². The highest BCUT2D eigenvalue weighted by atomic mass is 16.2. The number of aryl methyl sites for hydroxylation is 2. The zero-order chi connectivity index (χ0) is 20.3. The Hall–Kier alpha value is -2.70. The van der Waals surface area contributed by atoms with Crippen LogP contribution in [0.1, 0.15) is 38.1 Å². The van der Waals surface area contributed by atoms with Gasteiger partial charge in [0.25, 0.3) is 0 Å². The molecule has 1 saturated heterocycles. The second kappa shape index (κ2) is 8.54. The Morgan fingerprint density at radius 1 is 1.14 bits per heavy atom. The summed E-state index contributed by atoms with van der Waals surface area (Å²) >= 11 is 0. The van der Waals surface area contributed by atoms with Crippen LogP contribution in [0.3, 0.4) is 0 Å². The molecule has 3 rings (SSSR count). The van der Waals surface area contributed by atoms with Gasteiger partial charge in [-0.25, -0.2) is 14.8 Å². The number of aromatic nitrogens is 2. The van der Waals surface area contributed by atoms with Gasteiger partial charge in [0.2, 0.25) is 5.91 Å². The lowest BCUT2D eigenvalue weighted by atomic mass is 9.96. The Balaban J connectivity index is 1.69. The number of likely N-dealkylation sites (tertiary alicyclic amines) is 1. The molecule has 0 aliphatic carbocycles. The molecule has 0 spiro atoms. The van der Waals surface area contributed by atoms with Gasteiger partial charge in [0.05, 0.1) is 28.3 Å². The van der Waals surface area contributed by atoms with Crippen LogP contribution in [0.4, 0.5) is 10.5 Å². The van der Waals surface area contributed by atoms with Crippen molar-refractivity contribution < 1.29 is 9.59 Å². The van der Waals surface area contributed by atoms with E-state index in [1.165, 1.54) is 0 Å².